The van der Waals surface area contributed by atoms with Gasteiger partial charge in [-0.15, -0.1) is 0 Å². The Morgan fingerprint density at radius 1 is 1.28 bits per heavy atom. The summed E-state index contributed by atoms with van der Waals surface area (Å²) in [5.41, 5.74) is 3.23. The van der Waals surface area contributed by atoms with Gasteiger partial charge in [-0.05, 0) is 49.8 Å². The number of nitrogens with one attached hydrogen (secondary N) is 1. The number of aryl methyl sites for hydroxylation is 2. The average Bonchev–Trinajstić information content (AvgIpc) is 2.56. The van der Waals surface area contributed by atoms with Crippen molar-refractivity contribution in [1.82, 2.24) is 10.2 Å². The summed E-state index contributed by atoms with van der Waals surface area (Å²) in [5, 5.41) is 21.8. The first-order valence-electron chi connectivity index (χ1n) is 8.86. The molecule has 1 aromatic rings. The fraction of sp³-hybridized carbons (Fsp3) is 0.556. The van der Waals surface area contributed by atoms with Crippen molar-refractivity contribution < 1.29 is 19.6 Å². The fourth-order valence-electron chi connectivity index (χ4n) is 3.03. The third-order valence-corrected chi connectivity index (χ3v) is 4.76. The van der Waals surface area contributed by atoms with Crippen LogP contribution in [0.1, 0.15) is 42.4 Å². The Hall–Kier alpha value is -1.86. The first-order valence-corrected chi connectivity index (χ1v) is 8.86. The Morgan fingerprint density at radius 3 is 2.68 bits per heavy atom. The van der Waals surface area contributed by atoms with Gasteiger partial charge in [-0.3, -0.25) is 9.59 Å². The predicted octanol–water partition coefficient (Wildman–Crippen LogP) is 0.745. The van der Waals surface area contributed by atoms with Gasteiger partial charge >= 0.3 is 7.12 Å². The molecule has 0 spiro atoms. The molecule has 1 heterocycles. The van der Waals surface area contributed by atoms with Gasteiger partial charge in [-0.25, -0.2) is 0 Å². The lowest BCUT2D eigenvalue weighted by Crippen LogP contribution is -2.48. The zero-order valence-corrected chi connectivity index (χ0v) is 15.0. The maximum Gasteiger partial charge on any atom is 0.475 e. The molecule has 1 aromatic carbocycles. The number of likely N-dealkylation sites (tertiary alicyclic amines) is 1. The van der Waals surface area contributed by atoms with Crippen LogP contribution in [-0.2, 0) is 16.0 Å². The predicted molar refractivity (Wildman–Crippen MR) is 96.8 cm³/mol. The molecule has 0 bridgehead atoms. The van der Waals surface area contributed by atoms with Crippen molar-refractivity contribution in [1.29, 1.82) is 0 Å². The third kappa shape index (κ3) is 5.86. The topological polar surface area (TPSA) is 89.9 Å². The van der Waals surface area contributed by atoms with Gasteiger partial charge in [-0.1, -0.05) is 18.2 Å². The van der Waals surface area contributed by atoms with Crippen LogP contribution >= 0.6 is 0 Å². The van der Waals surface area contributed by atoms with E-state index >= 15 is 0 Å². The highest BCUT2D eigenvalue weighted by molar-refractivity contribution is 6.43. The Bertz CT molecular complexity index is 621. The van der Waals surface area contributed by atoms with Gasteiger partial charge in [-0.2, -0.15) is 0 Å². The molecule has 136 valence electrons. The maximum absolute atomic E-state index is 12.1. The number of piperidine rings is 1. The summed E-state index contributed by atoms with van der Waals surface area (Å²) in [6, 6.07) is 5.90. The van der Waals surface area contributed by atoms with E-state index in [9.17, 15) is 19.6 Å². The first-order chi connectivity index (χ1) is 11.9. The van der Waals surface area contributed by atoms with Crippen molar-refractivity contribution in [2.45, 2.75) is 51.9 Å². The van der Waals surface area contributed by atoms with E-state index in [1.807, 2.05) is 32.0 Å². The molecule has 6 nitrogen and oxygen atoms in total. The number of benzene rings is 1. The zero-order chi connectivity index (χ0) is 18.4. The molecule has 1 atom stereocenters. The monoisotopic (exact) mass is 346 g/mol. The smallest absolute Gasteiger partial charge is 0.426 e. The zero-order valence-electron chi connectivity index (χ0n) is 15.0. The molecular weight excluding hydrogens is 319 g/mol. The summed E-state index contributed by atoms with van der Waals surface area (Å²) >= 11 is 0. The van der Waals surface area contributed by atoms with Gasteiger partial charge in [0.25, 0.3) is 0 Å². The maximum atomic E-state index is 12.1. The van der Waals surface area contributed by atoms with E-state index < -0.39 is 13.1 Å². The first kappa shape index (κ1) is 19.5. The molecule has 25 heavy (non-hydrogen) atoms. The Morgan fingerprint density at radius 2 is 2.04 bits per heavy atom. The van der Waals surface area contributed by atoms with Crippen LogP contribution in [0.2, 0.25) is 0 Å². The lowest BCUT2D eigenvalue weighted by Gasteiger charge is -2.26. The summed E-state index contributed by atoms with van der Waals surface area (Å²) in [6.45, 7) is 5.09. The second-order valence-electron chi connectivity index (χ2n) is 6.80. The number of amides is 2. The van der Waals surface area contributed by atoms with Crippen molar-refractivity contribution in [3.63, 3.8) is 0 Å². The minimum atomic E-state index is -1.64. The molecule has 1 aliphatic rings. The van der Waals surface area contributed by atoms with Crippen LogP contribution in [0.4, 0.5) is 0 Å². The van der Waals surface area contributed by atoms with E-state index in [2.05, 4.69) is 5.32 Å². The fourth-order valence-corrected chi connectivity index (χ4v) is 3.03. The third-order valence-electron chi connectivity index (χ3n) is 4.76. The van der Waals surface area contributed by atoms with Crippen molar-refractivity contribution >= 4 is 18.9 Å². The molecule has 3 N–H and O–H groups in total. The van der Waals surface area contributed by atoms with Crippen LogP contribution in [0.3, 0.4) is 0 Å². The number of hydrogen-bond acceptors (Lipinski definition) is 4. The highest BCUT2D eigenvalue weighted by atomic mass is 16.4. The molecule has 2 rings (SSSR count). The lowest BCUT2D eigenvalue weighted by molar-refractivity contribution is -0.133. The number of carbonyl (C=O) groups is 2. The normalized spacial score (nSPS) is 15.8. The SMILES string of the molecule is Cc1ccc(CC(NC(=O)CCN2CCCCC2=O)B(O)O)cc1C. The standard InChI is InChI=1S/C18H27BN2O4/c1-13-6-7-15(11-14(13)2)12-16(19(24)25)20-17(22)8-10-21-9-4-3-5-18(21)23/h6-7,11,16,24-25H,3-5,8-10,12H2,1-2H3,(H,20,22). The minimum Gasteiger partial charge on any atom is -0.426 e. The molecule has 1 unspecified atom stereocenters. The largest absolute Gasteiger partial charge is 0.475 e. The number of hydrogen-bond donors (Lipinski definition) is 3. The number of rotatable bonds is 7. The van der Waals surface area contributed by atoms with Crippen LogP contribution in [0, 0.1) is 13.8 Å². The molecule has 1 saturated heterocycles. The molecule has 0 aromatic heterocycles. The molecule has 1 fully saturated rings. The number of carbonyl (C=O) groups excluding carboxylic acids is 2. The van der Waals surface area contributed by atoms with Gasteiger partial charge in [0.15, 0.2) is 0 Å². The molecule has 1 aliphatic heterocycles. The van der Waals surface area contributed by atoms with Gasteiger partial charge in [0.2, 0.25) is 11.8 Å². The summed E-state index contributed by atoms with van der Waals surface area (Å²) in [7, 11) is -1.64. The molecule has 2 amide bonds. The summed E-state index contributed by atoms with van der Waals surface area (Å²) in [4.78, 5) is 25.6. The van der Waals surface area contributed by atoms with Crippen LogP contribution in [-0.4, -0.2) is 52.9 Å². The van der Waals surface area contributed by atoms with Crippen molar-refractivity contribution in [2.24, 2.45) is 0 Å². The second-order valence-corrected chi connectivity index (χ2v) is 6.80. The summed E-state index contributed by atoms with van der Waals surface area (Å²) in [6.07, 6.45) is 2.94. The molecule has 0 saturated carbocycles. The summed E-state index contributed by atoms with van der Waals surface area (Å²) < 4.78 is 0. The van der Waals surface area contributed by atoms with Crippen LogP contribution < -0.4 is 5.32 Å². The van der Waals surface area contributed by atoms with Gasteiger partial charge in [0.1, 0.15) is 0 Å². The molecular formula is C18H27BN2O4. The second kappa shape index (κ2) is 9.01. The Labute approximate surface area is 149 Å². The van der Waals surface area contributed by atoms with Crippen LogP contribution in [0.25, 0.3) is 0 Å². The minimum absolute atomic E-state index is 0.0907. The van der Waals surface area contributed by atoms with E-state index in [1.165, 1.54) is 5.56 Å². The molecule has 7 heteroatoms. The van der Waals surface area contributed by atoms with E-state index in [1.54, 1.807) is 4.90 Å². The van der Waals surface area contributed by atoms with Gasteiger partial charge in [0.05, 0.1) is 5.94 Å². The van der Waals surface area contributed by atoms with E-state index in [-0.39, 0.29) is 18.2 Å². The van der Waals surface area contributed by atoms with Crippen molar-refractivity contribution in [3.05, 3.63) is 34.9 Å². The summed E-state index contributed by atoms with van der Waals surface area (Å²) in [5.74, 6) is -0.958. The average molecular weight is 346 g/mol. The Kier molecular flexibility index (Phi) is 7.02. The van der Waals surface area contributed by atoms with Crippen molar-refractivity contribution in [3.8, 4) is 0 Å². The van der Waals surface area contributed by atoms with Crippen molar-refractivity contribution in [2.75, 3.05) is 13.1 Å². The number of nitrogens with zero attached hydrogens (tertiary/aromatic N) is 1. The van der Waals surface area contributed by atoms with E-state index in [0.717, 1.165) is 24.0 Å². The lowest BCUT2D eigenvalue weighted by atomic mass is 9.75. The Balaban J connectivity index is 1.88. The van der Waals surface area contributed by atoms with Gasteiger partial charge < -0.3 is 20.3 Å². The van der Waals surface area contributed by atoms with Crippen LogP contribution in [0.5, 0.6) is 0 Å². The quantitative estimate of drug-likeness (QED) is 0.636. The van der Waals surface area contributed by atoms with E-state index in [0.29, 0.717) is 25.9 Å². The van der Waals surface area contributed by atoms with E-state index in [4.69, 9.17) is 0 Å². The van der Waals surface area contributed by atoms with Gasteiger partial charge in [0, 0.05) is 25.9 Å². The highest BCUT2D eigenvalue weighted by Gasteiger charge is 2.26. The molecule has 0 radical (unpaired) electrons. The highest BCUT2D eigenvalue weighted by Crippen LogP contribution is 2.13. The molecule has 0 aliphatic carbocycles. The van der Waals surface area contributed by atoms with Crippen LogP contribution in [0.15, 0.2) is 18.2 Å².